The van der Waals surface area contributed by atoms with Crippen molar-refractivity contribution in [1.82, 2.24) is 20.0 Å². The zero-order valence-corrected chi connectivity index (χ0v) is 12.4. The number of nitrogens with zero attached hydrogens (tertiary/aromatic N) is 3. The lowest BCUT2D eigenvalue weighted by atomic mass is 10.1. The summed E-state index contributed by atoms with van der Waals surface area (Å²) < 4.78 is 1.92. The third kappa shape index (κ3) is 4.44. The Balaban J connectivity index is 1.69. The number of aryl methyl sites for hydroxylation is 1. The molecule has 1 aliphatic heterocycles. The van der Waals surface area contributed by atoms with Crippen LogP contribution in [0.2, 0.25) is 0 Å². The van der Waals surface area contributed by atoms with Crippen LogP contribution >= 0.6 is 0 Å². The third-order valence-corrected chi connectivity index (χ3v) is 3.77. The van der Waals surface area contributed by atoms with E-state index in [1.165, 1.54) is 5.56 Å². The quantitative estimate of drug-likeness (QED) is 0.575. The van der Waals surface area contributed by atoms with Gasteiger partial charge in [0.2, 0.25) is 0 Å². The van der Waals surface area contributed by atoms with Gasteiger partial charge in [0.1, 0.15) is 0 Å². The summed E-state index contributed by atoms with van der Waals surface area (Å²) in [7, 11) is 0. The second-order valence-corrected chi connectivity index (χ2v) is 5.52. The number of aliphatic hydroxyl groups excluding tert-OH is 1. The van der Waals surface area contributed by atoms with Crippen LogP contribution in [0.15, 0.2) is 18.9 Å². The minimum atomic E-state index is -0.136. The molecule has 0 radical (unpaired) electrons. The number of hydrogen-bond acceptors (Lipinski definition) is 4. The Morgan fingerprint density at radius 2 is 2.45 bits per heavy atom. The summed E-state index contributed by atoms with van der Waals surface area (Å²) in [6.07, 6.45) is 5.85. The summed E-state index contributed by atoms with van der Waals surface area (Å²) in [6.45, 7) is 11.2. The first-order valence-electron chi connectivity index (χ1n) is 7.44. The first kappa shape index (κ1) is 15.2. The highest BCUT2D eigenvalue weighted by atomic mass is 16.3. The highest BCUT2D eigenvalue weighted by molar-refractivity contribution is 5.15. The summed E-state index contributed by atoms with van der Waals surface area (Å²) in [6, 6.07) is 0. The molecule has 0 bridgehead atoms. The number of hydrogen-bond donors (Lipinski definition) is 2. The van der Waals surface area contributed by atoms with Gasteiger partial charge < -0.3 is 10.4 Å². The topological polar surface area (TPSA) is 53.3 Å². The Bertz CT molecular complexity index is 430. The van der Waals surface area contributed by atoms with Crippen molar-refractivity contribution in [2.75, 3.05) is 26.2 Å². The SMILES string of the molecule is C=CCn1cc(CNCCN2CCCC(O)C2)c(C)n1. The van der Waals surface area contributed by atoms with Crippen LogP contribution in [0.5, 0.6) is 0 Å². The van der Waals surface area contributed by atoms with E-state index in [9.17, 15) is 5.11 Å². The van der Waals surface area contributed by atoms with Gasteiger partial charge in [-0.25, -0.2) is 0 Å². The van der Waals surface area contributed by atoms with Crippen molar-refractivity contribution in [1.29, 1.82) is 0 Å². The molecule has 0 saturated carbocycles. The number of aromatic nitrogens is 2. The second kappa shape index (κ2) is 7.57. The molecule has 2 N–H and O–H groups in total. The molecule has 5 nitrogen and oxygen atoms in total. The highest BCUT2D eigenvalue weighted by Crippen LogP contribution is 2.09. The second-order valence-electron chi connectivity index (χ2n) is 5.52. The van der Waals surface area contributed by atoms with Gasteiger partial charge in [0, 0.05) is 37.9 Å². The smallest absolute Gasteiger partial charge is 0.0667 e. The van der Waals surface area contributed by atoms with Crippen molar-refractivity contribution in [3.8, 4) is 0 Å². The van der Waals surface area contributed by atoms with Crippen molar-refractivity contribution in [2.24, 2.45) is 0 Å². The molecule has 1 unspecified atom stereocenters. The van der Waals surface area contributed by atoms with Crippen LogP contribution in [0.3, 0.4) is 0 Å². The maximum atomic E-state index is 9.62. The molecule has 0 spiro atoms. The third-order valence-electron chi connectivity index (χ3n) is 3.77. The summed E-state index contributed by atoms with van der Waals surface area (Å²) in [5, 5.41) is 17.5. The molecule has 1 aromatic heterocycles. The van der Waals surface area contributed by atoms with Gasteiger partial charge in [-0.3, -0.25) is 9.58 Å². The van der Waals surface area contributed by atoms with Crippen LogP contribution in [0.25, 0.3) is 0 Å². The molecule has 2 heterocycles. The van der Waals surface area contributed by atoms with Gasteiger partial charge in [0.25, 0.3) is 0 Å². The van der Waals surface area contributed by atoms with E-state index in [4.69, 9.17) is 0 Å². The van der Waals surface area contributed by atoms with Crippen molar-refractivity contribution in [3.05, 3.63) is 30.1 Å². The molecule has 0 amide bonds. The molecule has 2 rings (SSSR count). The average molecular weight is 278 g/mol. The Morgan fingerprint density at radius 1 is 1.60 bits per heavy atom. The number of nitrogens with one attached hydrogen (secondary N) is 1. The molecular weight excluding hydrogens is 252 g/mol. The van der Waals surface area contributed by atoms with Crippen LogP contribution in [-0.2, 0) is 13.1 Å². The molecule has 0 aromatic carbocycles. The fourth-order valence-corrected chi connectivity index (χ4v) is 2.65. The van der Waals surface area contributed by atoms with Crippen molar-refractivity contribution in [3.63, 3.8) is 0 Å². The fraction of sp³-hybridized carbons (Fsp3) is 0.667. The summed E-state index contributed by atoms with van der Waals surface area (Å²) in [4.78, 5) is 2.33. The molecule has 112 valence electrons. The van der Waals surface area contributed by atoms with E-state index >= 15 is 0 Å². The van der Waals surface area contributed by atoms with Crippen LogP contribution in [-0.4, -0.2) is 52.1 Å². The predicted molar refractivity (Wildman–Crippen MR) is 80.5 cm³/mol. The molecule has 5 heteroatoms. The van der Waals surface area contributed by atoms with E-state index < -0.39 is 0 Å². The Hall–Kier alpha value is -1.17. The van der Waals surface area contributed by atoms with Crippen LogP contribution in [0.4, 0.5) is 0 Å². The van der Waals surface area contributed by atoms with Crippen molar-refractivity contribution < 1.29 is 5.11 Å². The van der Waals surface area contributed by atoms with E-state index in [1.54, 1.807) is 0 Å². The van der Waals surface area contributed by atoms with E-state index in [2.05, 4.69) is 28.1 Å². The minimum absolute atomic E-state index is 0.136. The molecular formula is C15H26N4O. The van der Waals surface area contributed by atoms with Gasteiger partial charge in [0.15, 0.2) is 0 Å². The molecule has 0 aliphatic carbocycles. The molecule has 1 aromatic rings. The standard InChI is InChI=1S/C15H26N4O/c1-3-7-19-11-14(13(2)17-19)10-16-6-9-18-8-4-5-15(20)12-18/h3,11,15-16,20H,1,4-10,12H2,2H3. The Morgan fingerprint density at radius 3 is 3.20 bits per heavy atom. The van der Waals surface area contributed by atoms with Crippen molar-refractivity contribution in [2.45, 2.75) is 39.0 Å². The van der Waals surface area contributed by atoms with Gasteiger partial charge in [-0.1, -0.05) is 6.08 Å². The molecule has 1 aliphatic rings. The summed E-state index contributed by atoms with van der Waals surface area (Å²) in [5.41, 5.74) is 2.32. The van der Waals surface area contributed by atoms with E-state index in [1.807, 2.05) is 17.7 Å². The lowest BCUT2D eigenvalue weighted by Crippen LogP contribution is -2.41. The predicted octanol–water partition coefficient (Wildman–Crippen LogP) is 0.924. The first-order chi connectivity index (χ1) is 9.69. The number of β-amino-alcohol motifs (C(OH)–C–C–N with tert-alkyl or cyclic N) is 1. The number of rotatable bonds is 7. The summed E-state index contributed by atoms with van der Waals surface area (Å²) >= 11 is 0. The number of allylic oxidation sites excluding steroid dienone is 1. The zero-order valence-electron chi connectivity index (χ0n) is 12.4. The molecule has 1 atom stereocenters. The summed E-state index contributed by atoms with van der Waals surface area (Å²) in [5.74, 6) is 0. The Kier molecular flexibility index (Phi) is 5.76. The Labute approximate surface area is 121 Å². The van der Waals surface area contributed by atoms with Crippen LogP contribution < -0.4 is 5.32 Å². The fourth-order valence-electron chi connectivity index (χ4n) is 2.65. The lowest BCUT2D eigenvalue weighted by molar-refractivity contribution is 0.0712. The average Bonchev–Trinajstić information content (AvgIpc) is 2.76. The van der Waals surface area contributed by atoms with Crippen LogP contribution in [0, 0.1) is 6.92 Å². The van der Waals surface area contributed by atoms with Gasteiger partial charge in [-0.15, -0.1) is 6.58 Å². The van der Waals surface area contributed by atoms with E-state index in [0.717, 1.165) is 57.8 Å². The number of likely N-dealkylation sites (tertiary alicyclic amines) is 1. The molecule has 20 heavy (non-hydrogen) atoms. The largest absolute Gasteiger partial charge is 0.392 e. The molecule has 1 saturated heterocycles. The first-order valence-corrected chi connectivity index (χ1v) is 7.44. The number of aliphatic hydroxyl groups is 1. The highest BCUT2D eigenvalue weighted by Gasteiger charge is 2.16. The van der Waals surface area contributed by atoms with Crippen molar-refractivity contribution >= 4 is 0 Å². The van der Waals surface area contributed by atoms with Crippen LogP contribution in [0.1, 0.15) is 24.1 Å². The van der Waals surface area contributed by atoms with Gasteiger partial charge >= 0.3 is 0 Å². The zero-order chi connectivity index (χ0) is 14.4. The minimum Gasteiger partial charge on any atom is -0.392 e. The maximum absolute atomic E-state index is 9.62. The van der Waals surface area contributed by atoms with E-state index in [-0.39, 0.29) is 6.10 Å². The van der Waals surface area contributed by atoms with Gasteiger partial charge in [0.05, 0.1) is 18.3 Å². The van der Waals surface area contributed by atoms with E-state index in [0.29, 0.717) is 0 Å². The lowest BCUT2D eigenvalue weighted by Gasteiger charge is -2.29. The number of piperidine rings is 1. The van der Waals surface area contributed by atoms with Gasteiger partial charge in [-0.05, 0) is 26.3 Å². The molecule has 1 fully saturated rings. The monoisotopic (exact) mass is 278 g/mol. The maximum Gasteiger partial charge on any atom is 0.0667 e. The van der Waals surface area contributed by atoms with Gasteiger partial charge in [-0.2, -0.15) is 5.10 Å². The normalized spacial score (nSPS) is 20.2.